The van der Waals surface area contributed by atoms with Crippen LogP contribution in [0.3, 0.4) is 0 Å². The lowest BCUT2D eigenvalue weighted by molar-refractivity contribution is -0.129. The predicted molar refractivity (Wildman–Crippen MR) is 147 cm³/mol. The molecule has 4 aromatic rings. The average Bonchev–Trinajstić information content (AvgIpc) is 3.63. The van der Waals surface area contributed by atoms with Crippen molar-refractivity contribution in [2.45, 2.75) is 17.6 Å². The first-order valence-corrected chi connectivity index (χ1v) is 14.2. The van der Waals surface area contributed by atoms with Crippen LogP contribution in [-0.4, -0.2) is 59.1 Å². The molecule has 10 nitrogen and oxygen atoms in total. The second-order valence-electron chi connectivity index (χ2n) is 8.91. The molecule has 2 N–H and O–H groups in total. The van der Waals surface area contributed by atoms with Gasteiger partial charge < -0.3 is 9.32 Å². The highest BCUT2D eigenvalue weighted by Gasteiger charge is 2.49. The van der Waals surface area contributed by atoms with E-state index in [2.05, 4.69) is 9.97 Å². The summed E-state index contributed by atoms with van der Waals surface area (Å²) in [4.78, 5) is 36.1. The fourth-order valence-corrected chi connectivity index (χ4v) is 8.25. The molecule has 1 saturated heterocycles. The van der Waals surface area contributed by atoms with Gasteiger partial charge in [0.2, 0.25) is 5.91 Å². The quantitative estimate of drug-likeness (QED) is 0.255. The van der Waals surface area contributed by atoms with Crippen LogP contribution in [0.15, 0.2) is 77.9 Å². The second kappa shape index (κ2) is 11.7. The molecule has 4 heterocycles. The topological polar surface area (TPSA) is 143 Å². The number of thiophene rings is 1. The monoisotopic (exact) mass is 588 g/mol. The molecule has 0 aliphatic carbocycles. The van der Waals surface area contributed by atoms with E-state index in [1.165, 1.54) is 35.0 Å². The molecule has 13 heteroatoms. The zero-order chi connectivity index (χ0) is 26.8. The van der Waals surface area contributed by atoms with E-state index >= 15 is 0 Å². The van der Waals surface area contributed by atoms with Gasteiger partial charge in [-0.1, -0.05) is 24.3 Å². The molecule has 39 heavy (non-hydrogen) atoms. The van der Waals surface area contributed by atoms with E-state index in [0.29, 0.717) is 16.2 Å². The number of amides is 2. The number of benzene rings is 1. The molecule has 1 fully saturated rings. The Hall–Kier alpha value is -3.58. The Morgan fingerprint density at radius 2 is 1.74 bits per heavy atom. The van der Waals surface area contributed by atoms with Crippen LogP contribution in [0.2, 0.25) is 0 Å². The first kappa shape index (κ1) is 28.4. The van der Waals surface area contributed by atoms with E-state index in [9.17, 15) is 23.2 Å². The molecule has 0 radical (unpaired) electrons. The lowest BCUT2D eigenvalue weighted by atomic mass is 9.97. The van der Waals surface area contributed by atoms with Crippen LogP contribution >= 0.6 is 23.7 Å². The number of hydroxylamine groups is 1. The Kier molecular flexibility index (Phi) is 8.50. The summed E-state index contributed by atoms with van der Waals surface area (Å²) in [6.07, 6.45) is 5.52. The molecule has 1 unspecified atom stereocenters. The Bertz CT molecular complexity index is 1540. The number of carbonyl (C=O) groups excluding carboxylic acids is 2. The maximum absolute atomic E-state index is 13.8. The van der Waals surface area contributed by atoms with Crippen molar-refractivity contribution in [3.05, 3.63) is 84.0 Å². The van der Waals surface area contributed by atoms with Gasteiger partial charge in [0.1, 0.15) is 4.75 Å². The van der Waals surface area contributed by atoms with Crippen molar-refractivity contribution in [1.82, 2.24) is 20.3 Å². The highest BCUT2D eigenvalue weighted by molar-refractivity contribution is 7.92. The van der Waals surface area contributed by atoms with Crippen LogP contribution in [0, 0.1) is 0 Å². The maximum atomic E-state index is 13.8. The maximum Gasteiger partial charge on any atom is 0.253 e. The van der Waals surface area contributed by atoms with Crippen LogP contribution in [0.5, 0.6) is 0 Å². The summed E-state index contributed by atoms with van der Waals surface area (Å²) in [5.74, 6) is -0.799. The van der Waals surface area contributed by atoms with Gasteiger partial charge in [-0.15, -0.1) is 23.7 Å². The van der Waals surface area contributed by atoms with E-state index < -0.39 is 26.9 Å². The minimum Gasteiger partial charge on any atom is -0.444 e. The molecule has 0 spiro atoms. The van der Waals surface area contributed by atoms with Crippen molar-refractivity contribution in [3.8, 4) is 21.8 Å². The SMILES string of the molecule is Cl.O=C(CC1(c2ccc(-c3ccc(-c4cnco4)cc3)s2)CCN(C(=O)c2ccncc2)CCS1(=O)=O)NO. The van der Waals surface area contributed by atoms with Gasteiger partial charge in [0, 0.05) is 46.4 Å². The molecule has 1 atom stereocenters. The highest BCUT2D eigenvalue weighted by atomic mass is 35.5. The first-order valence-electron chi connectivity index (χ1n) is 11.8. The number of aromatic nitrogens is 2. The predicted octanol–water partition coefficient (Wildman–Crippen LogP) is 3.94. The molecular weight excluding hydrogens is 564 g/mol. The van der Waals surface area contributed by atoms with Gasteiger partial charge in [0.25, 0.3) is 5.91 Å². The summed E-state index contributed by atoms with van der Waals surface area (Å²) in [6, 6.07) is 14.3. The Morgan fingerprint density at radius 3 is 2.41 bits per heavy atom. The number of carbonyl (C=O) groups is 2. The van der Waals surface area contributed by atoms with E-state index in [1.807, 2.05) is 30.3 Å². The van der Waals surface area contributed by atoms with Gasteiger partial charge in [-0.25, -0.2) is 18.9 Å². The lowest BCUT2D eigenvalue weighted by Gasteiger charge is -2.30. The van der Waals surface area contributed by atoms with Crippen LogP contribution in [0.25, 0.3) is 21.8 Å². The molecule has 1 aromatic carbocycles. The third-order valence-corrected chi connectivity index (χ3v) is 10.7. The molecular formula is C26H25ClN4O6S2. The van der Waals surface area contributed by atoms with Crippen LogP contribution in [0.4, 0.5) is 0 Å². The van der Waals surface area contributed by atoms with Crippen molar-refractivity contribution in [2.75, 3.05) is 18.8 Å². The standard InChI is InChI=1S/C26H24N4O6S2.ClH/c31-24(29-33)15-26(9-12-30(13-14-38(26,34)35)25(32)20-7-10-27-11-8-20)23-6-5-22(37-23)19-3-1-18(2-4-19)21-16-28-17-36-21;/h1-8,10-11,16-17,33H,9,12-15H2,(H,29,31);1H. The fourth-order valence-electron chi connectivity index (χ4n) is 4.64. The van der Waals surface area contributed by atoms with Crippen molar-refractivity contribution in [3.63, 3.8) is 0 Å². The normalized spacial score (nSPS) is 18.5. The van der Waals surface area contributed by atoms with Gasteiger partial charge in [-0.05, 0) is 36.2 Å². The number of pyridine rings is 1. The molecule has 0 bridgehead atoms. The Balaban J connectivity index is 0.00000353. The molecule has 2 amide bonds. The van der Waals surface area contributed by atoms with Gasteiger partial charge >= 0.3 is 0 Å². The van der Waals surface area contributed by atoms with Crippen molar-refractivity contribution in [1.29, 1.82) is 0 Å². The van der Waals surface area contributed by atoms with Crippen LogP contribution in [0.1, 0.15) is 28.1 Å². The first-order chi connectivity index (χ1) is 18.3. The minimum absolute atomic E-state index is 0. The zero-order valence-electron chi connectivity index (χ0n) is 20.5. The fraction of sp³-hybridized carbons (Fsp3) is 0.231. The van der Waals surface area contributed by atoms with E-state index in [-0.39, 0.29) is 43.6 Å². The molecule has 3 aromatic heterocycles. The average molecular weight is 589 g/mol. The van der Waals surface area contributed by atoms with E-state index in [1.54, 1.807) is 29.9 Å². The van der Waals surface area contributed by atoms with Crippen molar-refractivity contribution >= 4 is 45.4 Å². The molecule has 1 aliphatic heterocycles. The number of oxazole rings is 1. The van der Waals surface area contributed by atoms with Gasteiger partial charge in [-0.3, -0.25) is 19.8 Å². The number of hydrogen-bond acceptors (Lipinski definition) is 9. The van der Waals surface area contributed by atoms with Crippen LogP contribution < -0.4 is 5.48 Å². The highest BCUT2D eigenvalue weighted by Crippen LogP contribution is 2.45. The third-order valence-electron chi connectivity index (χ3n) is 6.74. The second-order valence-corrected chi connectivity index (χ2v) is 12.4. The third kappa shape index (κ3) is 5.59. The van der Waals surface area contributed by atoms with Gasteiger partial charge in [-0.2, -0.15) is 0 Å². The molecule has 204 valence electrons. The Morgan fingerprint density at radius 1 is 1.03 bits per heavy atom. The van der Waals surface area contributed by atoms with Gasteiger partial charge in [0.15, 0.2) is 22.0 Å². The number of hydrogen-bond donors (Lipinski definition) is 2. The van der Waals surface area contributed by atoms with Crippen LogP contribution in [-0.2, 0) is 19.4 Å². The number of rotatable bonds is 6. The summed E-state index contributed by atoms with van der Waals surface area (Å²) in [5.41, 5.74) is 3.71. The minimum atomic E-state index is -3.92. The number of nitrogens with one attached hydrogen (secondary N) is 1. The summed E-state index contributed by atoms with van der Waals surface area (Å²) in [6.45, 7) is 0.117. The largest absolute Gasteiger partial charge is 0.444 e. The zero-order valence-corrected chi connectivity index (χ0v) is 23.0. The smallest absolute Gasteiger partial charge is 0.253 e. The molecule has 5 rings (SSSR count). The summed E-state index contributed by atoms with van der Waals surface area (Å²) in [5, 5.41) is 9.27. The number of nitrogens with zero attached hydrogens (tertiary/aromatic N) is 3. The van der Waals surface area contributed by atoms with Crippen molar-refractivity contribution in [2.24, 2.45) is 0 Å². The summed E-state index contributed by atoms with van der Waals surface area (Å²) >= 11 is 1.28. The van der Waals surface area contributed by atoms with E-state index in [0.717, 1.165) is 16.0 Å². The van der Waals surface area contributed by atoms with Crippen molar-refractivity contribution < 1.29 is 27.6 Å². The number of halogens is 1. The number of sulfone groups is 1. The Labute approximate surface area is 235 Å². The lowest BCUT2D eigenvalue weighted by Crippen LogP contribution is -2.41. The summed E-state index contributed by atoms with van der Waals surface area (Å²) < 4.78 is 31.3. The molecule has 0 saturated carbocycles. The summed E-state index contributed by atoms with van der Waals surface area (Å²) in [7, 11) is -3.92. The van der Waals surface area contributed by atoms with E-state index in [4.69, 9.17) is 4.42 Å². The molecule has 1 aliphatic rings. The van der Waals surface area contributed by atoms with Gasteiger partial charge in [0.05, 0.1) is 18.4 Å².